The summed E-state index contributed by atoms with van der Waals surface area (Å²) in [5.41, 5.74) is 3.18. The predicted octanol–water partition coefficient (Wildman–Crippen LogP) is 2.53. The minimum atomic E-state index is -0.166. The molecule has 2 aromatic heterocycles. The second kappa shape index (κ2) is 5.77. The number of hydrogen-bond acceptors (Lipinski definition) is 4. The van der Waals surface area contributed by atoms with E-state index in [1.165, 1.54) is 0 Å². The zero-order valence-corrected chi connectivity index (χ0v) is 12.3. The molecule has 0 saturated carbocycles. The van der Waals surface area contributed by atoms with E-state index in [1.54, 1.807) is 35.7 Å². The highest BCUT2D eigenvalue weighted by molar-refractivity contribution is 6.05. The molecule has 0 aliphatic carbocycles. The first kappa shape index (κ1) is 13.9. The lowest BCUT2D eigenvalue weighted by Gasteiger charge is -2.08. The van der Waals surface area contributed by atoms with Gasteiger partial charge in [0.15, 0.2) is 0 Å². The SMILES string of the molecule is Cc1ccc(C)c(C(=O)Nc2cnc(-n3ccnc3)nc2)c1. The lowest BCUT2D eigenvalue weighted by Crippen LogP contribution is -2.14. The van der Waals surface area contributed by atoms with Gasteiger partial charge in [-0.3, -0.25) is 9.36 Å². The molecule has 0 radical (unpaired) electrons. The molecular weight excluding hydrogens is 278 g/mol. The molecule has 2 heterocycles. The van der Waals surface area contributed by atoms with E-state index in [1.807, 2.05) is 32.0 Å². The van der Waals surface area contributed by atoms with Crippen LogP contribution in [0.4, 0.5) is 5.69 Å². The van der Waals surface area contributed by atoms with Crippen molar-refractivity contribution in [2.45, 2.75) is 13.8 Å². The van der Waals surface area contributed by atoms with Gasteiger partial charge in [0, 0.05) is 18.0 Å². The fourth-order valence-electron chi connectivity index (χ4n) is 2.08. The molecule has 1 N–H and O–H groups in total. The Hall–Kier alpha value is -3.02. The number of aromatic nitrogens is 4. The van der Waals surface area contributed by atoms with Crippen molar-refractivity contribution in [1.29, 1.82) is 0 Å². The summed E-state index contributed by atoms with van der Waals surface area (Å²) in [4.78, 5) is 24.7. The van der Waals surface area contributed by atoms with Crippen molar-refractivity contribution in [3.05, 3.63) is 66.0 Å². The van der Waals surface area contributed by atoms with Gasteiger partial charge in [0.1, 0.15) is 6.33 Å². The van der Waals surface area contributed by atoms with E-state index in [4.69, 9.17) is 0 Å². The third-order valence-electron chi connectivity index (χ3n) is 3.27. The van der Waals surface area contributed by atoms with Crippen LogP contribution in [0.3, 0.4) is 0 Å². The summed E-state index contributed by atoms with van der Waals surface area (Å²) in [6.45, 7) is 3.87. The zero-order valence-electron chi connectivity index (χ0n) is 12.3. The molecule has 0 bridgehead atoms. The molecule has 0 aliphatic rings. The number of benzene rings is 1. The number of rotatable bonds is 3. The number of carbonyl (C=O) groups excluding carboxylic acids is 1. The number of imidazole rings is 1. The van der Waals surface area contributed by atoms with Gasteiger partial charge < -0.3 is 5.32 Å². The first-order chi connectivity index (χ1) is 10.6. The van der Waals surface area contributed by atoms with Crippen molar-refractivity contribution in [3.63, 3.8) is 0 Å². The molecule has 0 fully saturated rings. The maximum absolute atomic E-state index is 12.3. The molecule has 3 rings (SSSR count). The van der Waals surface area contributed by atoms with E-state index < -0.39 is 0 Å². The van der Waals surface area contributed by atoms with Crippen molar-refractivity contribution >= 4 is 11.6 Å². The lowest BCUT2D eigenvalue weighted by molar-refractivity contribution is 0.102. The highest BCUT2D eigenvalue weighted by Crippen LogP contribution is 2.13. The highest BCUT2D eigenvalue weighted by Gasteiger charge is 2.10. The van der Waals surface area contributed by atoms with Crippen molar-refractivity contribution in [3.8, 4) is 5.95 Å². The number of amides is 1. The van der Waals surface area contributed by atoms with Gasteiger partial charge in [-0.1, -0.05) is 17.7 Å². The maximum Gasteiger partial charge on any atom is 0.256 e. The summed E-state index contributed by atoms with van der Waals surface area (Å²) < 4.78 is 1.69. The summed E-state index contributed by atoms with van der Waals surface area (Å²) in [6, 6.07) is 5.78. The normalized spacial score (nSPS) is 10.5. The van der Waals surface area contributed by atoms with Gasteiger partial charge in [-0.15, -0.1) is 0 Å². The molecule has 110 valence electrons. The Labute approximate surface area is 127 Å². The molecule has 0 aliphatic heterocycles. The van der Waals surface area contributed by atoms with Crippen molar-refractivity contribution in [2.24, 2.45) is 0 Å². The molecule has 0 saturated heterocycles. The van der Waals surface area contributed by atoms with Crippen molar-refractivity contribution in [2.75, 3.05) is 5.32 Å². The Morgan fingerprint density at radius 3 is 2.64 bits per heavy atom. The smallest absolute Gasteiger partial charge is 0.256 e. The largest absolute Gasteiger partial charge is 0.319 e. The quantitative estimate of drug-likeness (QED) is 0.805. The number of carbonyl (C=O) groups is 1. The maximum atomic E-state index is 12.3. The van der Waals surface area contributed by atoms with E-state index in [0.717, 1.165) is 11.1 Å². The molecule has 1 aromatic carbocycles. The van der Waals surface area contributed by atoms with Crippen LogP contribution in [-0.2, 0) is 0 Å². The van der Waals surface area contributed by atoms with Crippen LogP contribution >= 0.6 is 0 Å². The van der Waals surface area contributed by atoms with Crippen molar-refractivity contribution < 1.29 is 4.79 Å². The number of nitrogens with one attached hydrogen (secondary N) is 1. The predicted molar refractivity (Wildman–Crippen MR) is 83.0 cm³/mol. The third kappa shape index (κ3) is 2.85. The average Bonchev–Trinajstić information content (AvgIpc) is 3.05. The first-order valence-electron chi connectivity index (χ1n) is 6.82. The lowest BCUT2D eigenvalue weighted by atomic mass is 10.1. The molecule has 6 heteroatoms. The molecule has 6 nitrogen and oxygen atoms in total. The van der Waals surface area contributed by atoms with Crippen LogP contribution in [-0.4, -0.2) is 25.4 Å². The van der Waals surface area contributed by atoms with Crippen molar-refractivity contribution in [1.82, 2.24) is 19.5 Å². The monoisotopic (exact) mass is 293 g/mol. The Balaban J connectivity index is 1.78. The topological polar surface area (TPSA) is 72.7 Å². The average molecular weight is 293 g/mol. The Bertz CT molecular complexity index is 794. The Morgan fingerprint density at radius 1 is 1.18 bits per heavy atom. The third-order valence-corrected chi connectivity index (χ3v) is 3.27. The number of nitrogens with zero attached hydrogens (tertiary/aromatic N) is 4. The first-order valence-corrected chi connectivity index (χ1v) is 6.82. The summed E-state index contributed by atoms with van der Waals surface area (Å²) in [7, 11) is 0. The second-order valence-electron chi connectivity index (χ2n) is 5.01. The van der Waals surface area contributed by atoms with Crippen LogP contribution in [0.15, 0.2) is 49.3 Å². The second-order valence-corrected chi connectivity index (χ2v) is 5.01. The van der Waals surface area contributed by atoms with E-state index in [0.29, 0.717) is 17.2 Å². The van der Waals surface area contributed by atoms with Crippen LogP contribution < -0.4 is 5.32 Å². The molecule has 0 atom stereocenters. The summed E-state index contributed by atoms with van der Waals surface area (Å²) in [5, 5.41) is 2.81. The number of aryl methyl sites for hydroxylation is 2. The zero-order chi connectivity index (χ0) is 15.5. The Morgan fingerprint density at radius 2 is 1.95 bits per heavy atom. The van der Waals surface area contributed by atoms with E-state index in [2.05, 4.69) is 20.3 Å². The molecular formula is C16H15N5O. The molecule has 0 spiro atoms. The minimum absolute atomic E-state index is 0.166. The minimum Gasteiger partial charge on any atom is -0.319 e. The van der Waals surface area contributed by atoms with Crippen LogP contribution in [0.25, 0.3) is 5.95 Å². The van der Waals surface area contributed by atoms with Gasteiger partial charge in [-0.05, 0) is 25.5 Å². The molecule has 22 heavy (non-hydrogen) atoms. The molecule has 0 unspecified atom stereocenters. The van der Waals surface area contributed by atoms with E-state index >= 15 is 0 Å². The van der Waals surface area contributed by atoms with E-state index in [9.17, 15) is 4.79 Å². The fraction of sp³-hybridized carbons (Fsp3) is 0.125. The number of hydrogen-bond donors (Lipinski definition) is 1. The molecule has 3 aromatic rings. The van der Waals surface area contributed by atoms with Gasteiger partial charge >= 0.3 is 0 Å². The molecule has 1 amide bonds. The van der Waals surface area contributed by atoms with Crippen LogP contribution in [0, 0.1) is 13.8 Å². The van der Waals surface area contributed by atoms with Gasteiger partial charge in [0.2, 0.25) is 5.95 Å². The van der Waals surface area contributed by atoms with Gasteiger partial charge in [0.05, 0.1) is 18.1 Å². The van der Waals surface area contributed by atoms with Crippen LogP contribution in [0.2, 0.25) is 0 Å². The highest BCUT2D eigenvalue weighted by atomic mass is 16.1. The van der Waals surface area contributed by atoms with E-state index in [-0.39, 0.29) is 5.91 Å². The Kier molecular flexibility index (Phi) is 3.65. The number of anilines is 1. The van der Waals surface area contributed by atoms with Crippen LogP contribution in [0.1, 0.15) is 21.5 Å². The fourth-order valence-corrected chi connectivity index (χ4v) is 2.08. The van der Waals surface area contributed by atoms with Crippen LogP contribution in [0.5, 0.6) is 0 Å². The van der Waals surface area contributed by atoms with Gasteiger partial charge in [-0.25, -0.2) is 15.0 Å². The van der Waals surface area contributed by atoms with Gasteiger partial charge in [0.25, 0.3) is 5.91 Å². The summed E-state index contributed by atoms with van der Waals surface area (Å²) >= 11 is 0. The van der Waals surface area contributed by atoms with Gasteiger partial charge in [-0.2, -0.15) is 0 Å². The summed E-state index contributed by atoms with van der Waals surface area (Å²) in [6.07, 6.45) is 8.17. The summed E-state index contributed by atoms with van der Waals surface area (Å²) in [5.74, 6) is 0.336. The standard InChI is InChI=1S/C16H15N5O/c1-11-3-4-12(2)14(7-11)15(22)20-13-8-18-16(19-9-13)21-6-5-17-10-21/h3-10H,1-2H3,(H,20,22).